The maximum absolute atomic E-state index is 5.02. The molecule has 76 valence electrons. The summed E-state index contributed by atoms with van der Waals surface area (Å²) in [6.07, 6.45) is 10.5. The lowest BCUT2D eigenvalue weighted by Gasteiger charge is -2.23. The molecule has 2 aliphatic rings. The summed E-state index contributed by atoms with van der Waals surface area (Å²) in [5.41, 5.74) is 3.11. The van der Waals surface area contributed by atoms with E-state index >= 15 is 0 Å². The van der Waals surface area contributed by atoms with Crippen molar-refractivity contribution in [1.29, 1.82) is 0 Å². The molecule has 0 aromatic rings. The number of fused-ring (bicyclic) bond motifs is 1. The van der Waals surface area contributed by atoms with Gasteiger partial charge in [0, 0.05) is 19.9 Å². The number of amidine groups is 1. The first-order chi connectivity index (χ1) is 6.92. The van der Waals surface area contributed by atoms with Gasteiger partial charge < -0.3 is 9.64 Å². The van der Waals surface area contributed by atoms with Crippen molar-refractivity contribution in [2.24, 2.45) is 5.10 Å². The molecule has 1 atom stereocenters. The lowest BCUT2D eigenvalue weighted by Crippen LogP contribution is -2.36. The van der Waals surface area contributed by atoms with Gasteiger partial charge in [0.1, 0.15) is 6.17 Å². The number of rotatable bonds is 4. The van der Waals surface area contributed by atoms with Crippen molar-refractivity contribution >= 4 is 5.84 Å². The van der Waals surface area contributed by atoms with E-state index in [-0.39, 0.29) is 0 Å². The molecule has 0 aromatic carbocycles. The molecule has 2 aliphatic heterocycles. The topological polar surface area (TPSA) is 36.9 Å². The number of hydrogen-bond acceptors (Lipinski definition) is 4. The lowest BCUT2D eigenvalue weighted by molar-refractivity contribution is 0.183. The van der Waals surface area contributed by atoms with Gasteiger partial charge in [-0.1, -0.05) is 6.08 Å². The van der Waals surface area contributed by atoms with Crippen LogP contribution < -0.4 is 5.43 Å². The van der Waals surface area contributed by atoms with Gasteiger partial charge >= 0.3 is 0 Å². The molecule has 14 heavy (non-hydrogen) atoms. The van der Waals surface area contributed by atoms with Crippen LogP contribution in [0.4, 0.5) is 0 Å². The Kier molecular flexibility index (Phi) is 2.84. The predicted octanol–water partition coefficient (Wildman–Crippen LogP) is 1.04. The van der Waals surface area contributed by atoms with Crippen LogP contribution in [0.25, 0.3) is 0 Å². The van der Waals surface area contributed by atoms with E-state index in [2.05, 4.69) is 21.6 Å². The molecule has 0 aliphatic carbocycles. The molecular weight excluding hydrogens is 178 g/mol. The zero-order valence-electron chi connectivity index (χ0n) is 8.31. The second kappa shape index (κ2) is 4.28. The summed E-state index contributed by atoms with van der Waals surface area (Å²) in [5, 5.41) is 4.23. The minimum Gasteiger partial charge on any atom is -0.385 e. The Morgan fingerprint density at radius 1 is 1.57 bits per heavy atom. The van der Waals surface area contributed by atoms with Crippen LogP contribution in [0.5, 0.6) is 0 Å². The number of methoxy groups -OCH3 is 1. The highest BCUT2D eigenvalue weighted by Gasteiger charge is 2.24. The van der Waals surface area contributed by atoms with Crippen LogP contribution in [0, 0.1) is 0 Å². The standard InChI is InChI=1S/C10H15N3O/c1-14-8-4-6-10-12-11-9-5-2-3-7-13(9)10/h2-3,5,7,10,12H,4,6,8H2,1H3. The highest BCUT2D eigenvalue weighted by atomic mass is 16.5. The molecule has 1 unspecified atom stereocenters. The minimum atomic E-state index is 0.293. The van der Waals surface area contributed by atoms with Crippen LogP contribution in [0.2, 0.25) is 0 Å². The number of nitrogens with zero attached hydrogens (tertiary/aromatic N) is 2. The van der Waals surface area contributed by atoms with E-state index in [1.807, 2.05) is 18.2 Å². The Hall–Kier alpha value is -1.29. The fraction of sp³-hybridized carbons (Fsp3) is 0.500. The van der Waals surface area contributed by atoms with Crippen LogP contribution in [-0.2, 0) is 4.74 Å². The van der Waals surface area contributed by atoms with Gasteiger partial charge in [0.15, 0.2) is 5.84 Å². The summed E-state index contributed by atoms with van der Waals surface area (Å²) in [4.78, 5) is 2.15. The smallest absolute Gasteiger partial charge is 0.154 e. The molecule has 0 saturated carbocycles. The minimum absolute atomic E-state index is 0.293. The van der Waals surface area contributed by atoms with Gasteiger partial charge in [0.25, 0.3) is 0 Å². The third-order valence-corrected chi connectivity index (χ3v) is 2.36. The fourth-order valence-electron chi connectivity index (χ4n) is 1.63. The van der Waals surface area contributed by atoms with Crippen LogP contribution in [-0.4, -0.2) is 30.6 Å². The highest BCUT2D eigenvalue weighted by Crippen LogP contribution is 2.15. The second-order valence-corrected chi connectivity index (χ2v) is 3.36. The number of ether oxygens (including phenoxy) is 1. The Morgan fingerprint density at radius 3 is 3.36 bits per heavy atom. The van der Waals surface area contributed by atoms with Gasteiger partial charge in [-0.2, -0.15) is 5.10 Å². The monoisotopic (exact) mass is 193 g/mol. The molecule has 0 fully saturated rings. The van der Waals surface area contributed by atoms with Crippen molar-refractivity contribution in [1.82, 2.24) is 10.3 Å². The number of nitrogens with one attached hydrogen (secondary N) is 1. The van der Waals surface area contributed by atoms with Crippen molar-refractivity contribution in [3.05, 3.63) is 24.4 Å². The molecule has 2 heterocycles. The largest absolute Gasteiger partial charge is 0.385 e. The molecular formula is C10H15N3O. The molecule has 0 radical (unpaired) electrons. The molecule has 0 bridgehead atoms. The van der Waals surface area contributed by atoms with Gasteiger partial charge in [0.05, 0.1) is 0 Å². The predicted molar refractivity (Wildman–Crippen MR) is 55.6 cm³/mol. The zero-order valence-corrected chi connectivity index (χ0v) is 8.31. The molecule has 0 aromatic heterocycles. The summed E-state index contributed by atoms with van der Waals surface area (Å²) in [5.74, 6) is 0.995. The maximum atomic E-state index is 5.02. The maximum Gasteiger partial charge on any atom is 0.154 e. The van der Waals surface area contributed by atoms with Gasteiger partial charge in [-0.05, 0) is 25.0 Å². The molecule has 4 nitrogen and oxygen atoms in total. The van der Waals surface area contributed by atoms with Crippen molar-refractivity contribution in [2.45, 2.75) is 19.0 Å². The third-order valence-electron chi connectivity index (χ3n) is 2.36. The summed E-state index contributed by atoms with van der Waals surface area (Å²) < 4.78 is 5.02. The Labute approximate surface area is 83.9 Å². The molecule has 0 spiro atoms. The molecule has 4 heteroatoms. The third kappa shape index (κ3) is 1.80. The molecule has 0 saturated heterocycles. The van der Waals surface area contributed by atoms with Gasteiger partial charge in [-0.25, -0.2) is 0 Å². The fourth-order valence-corrected chi connectivity index (χ4v) is 1.63. The SMILES string of the molecule is COCCCC1NN=C2C=CC=CN21. The first-order valence-corrected chi connectivity index (χ1v) is 4.87. The van der Waals surface area contributed by atoms with E-state index in [0.717, 1.165) is 25.3 Å². The Morgan fingerprint density at radius 2 is 2.50 bits per heavy atom. The van der Waals surface area contributed by atoms with Crippen molar-refractivity contribution in [3.8, 4) is 0 Å². The first kappa shape index (κ1) is 9.27. The highest BCUT2D eigenvalue weighted by molar-refractivity contribution is 5.95. The second-order valence-electron chi connectivity index (χ2n) is 3.36. The van der Waals surface area contributed by atoms with E-state index in [0.29, 0.717) is 6.17 Å². The first-order valence-electron chi connectivity index (χ1n) is 4.87. The Bertz CT molecular complexity index is 283. The van der Waals surface area contributed by atoms with Crippen LogP contribution >= 0.6 is 0 Å². The summed E-state index contributed by atoms with van der Waals surface area (Å²) >= 11 is 0. The lowest BCUT2D eigenvalue weighted by atomic mass is 10.2. The van der Waals surface area contributed by atoms with E-state index in [1.165, 1.54) is 0 Å². The van der Waals surface area contributed by atoms with Crippen molar-refractivity contribution in [2.75, 3.05) is 13.7 Å². The van der Waals surface area contributed by atoms with Crippen LogP contribution in [0.1, 0.15) is 12.8 Å². The quantitative estimate of drug-likeness (QED) is 0.678. The number of hydrazone groups is 1. The van der Waals surface area contributed by atoms with E-state index < -0.39 is 0 Å². The average molecular weight is 193 g/mol. The van der Waals surface area contributed by atoms with E-state index in [4.69, 9.17) is 4.74 Å². The van der Waals surface area contributed by atoms with Gasteiger partial charge in [0.2, 0.25) is 0 Å². The van der Waals surface area contributed by atoms with Crippen LogP contribution in [0.3, 0.4) is 0 Å². The Balaban J connectivity index is 1.86. The van der Waals surface area contributed by atoms with Crippen molar-refractivity contribution < 1.29 is 4.74 Å². The normalized spacial score (nSPS) is 23.4. The van der Waals surface area contributed by atoms with E-state index in [1.54, 1.807) is 7.11 Å². The van der Waals surface area contributed by atoms with Crippen molar-refractivity contribution in [3.63, 3.8) is 0 Å². The molecule has 0 amide bonds. The zero-order chi connectivity index (χ0) is 9.80. The number of hydrogen-bond donors (Lipinski definition) is 1. The molecule has 2 rings (SSSR count). The average Bonchev–Trinajstić information content (AvgIpc) is 2.63. The van der Waals surface area contributed by atoms with Crippen LogP contribution in [0.15, 0.2) is 29.5 Å². The van der Waals surface area contributed by atoms with Gasteiger partial charge in [-0.15, -0.1) is 0 Å². The number of allylic oxidation sites excluding steroid dienone is 2. The molecule has 1 N–H and O–H groups in total. The summed E-state index contributed by atoms with van der Waals surface area (Å²) in [6.45, 7) is 0.806. The summed E-state index contributed by atoms with van der Waals surface area (Å²) in [7, 11) is 1.73. The van der Waals surface area contributed by atoms with E-state index in [9.17, 15) is 0 Å². The van der Waals surface area contributed by atoms with Gasteiger partial charge in [-0.3, -0.25) is 5.43 Å². The summed E-state index contributed by atoms with van der Waals surface area (Å²) in [6, 6.07) is 0.